The van der Waals surface area contributed by atoms with E-state index < -0.39 is 0 Å². The SMILES string of the molecule is CC=O.COC.CO[NH2+]c1ccc(C(=O)OCc2ccccc2)cc1. The molecule has 2 aromatic rings. The zero-order chi connectivity index (χ0) is 18.9. The molecule has 6 heteroatoms. The van der Waals surface area contributed by atoms with Crippen molar-refractivity contribution in [3.63, 3.8) is 0 Å². The number of esters is 1. The summed E-state index contributed by atoms with van der Waals surface area (Å²) in [7, 11) is 4.84. The van der Waals surface area contributed by atoms with E-state index in [-0.39, 0.29) is 12.6 Å². The van der Waals surface area contributed by atoms with Gasteiger partial charge in [0.2, 0.25) is 0 Å². The Bertz CT molecular complexity index is 585. The lowest BCUT2D eigenvalue weighted by molar-refractivity contribution is -0.830. The monoisotopic (exact) mass is 348 g/mol. The average Bonchev–Trinajstić information content (AvgIpc) is 2.63. The molecular weight excluding hydrogens is 322 g/mol. The van der Waals surface area contributed by atoms with Crippen molar-refractivity contribution in [1.82, 2.24) is 0 Å². The number of hydrogen-bond donors (Lipinski definition) is 1. The first-order valence-electron chi connectivity index (χ1n) is 7.59. The van der Waals surface area contributed by atoms with E-state index in [9.17, 15) is 4.79 Å². The van der Waals surface area contributed by atoms with Gasteiger partial charge in [-0.2, -0.15) is 5.48 Å². The minimum absolute atomic E-state index is 0.283. The van der Waals surface area contributed by atoms with Crippen LogP contribution in [0.5, 0.6) is 0 Å². The third kappa shape index (κ3) is 10.8. The Hall–Kier alpha value is -2.54. The van der Waals surface area contributed by atoms with E-state index in [1.165, 1.54) is 6.92 Å². The average molecular weight is 348 g/mol. The summed E-state index contributed by atoms with van der Waals surface area (Å²) in [4.78, 5) is 25.5. The van der Waals surface area contributed by atoms with Gasteiger partial charge >= 0.3 is 5.97 Å². The molecule has 2 rings (SSSR count). The molecule has 0 bridgehead atoms. The number of benzene rings is 2. The van der Waals surface area contributed by atoms with Crippen molar-refractivity contribution in [3.05, 3.63) is 65.7 Å². The van der Waals surface area contributed by atoms with Crippen LogP contribution in [-0.2, 0) is 25.7 Å². The Kier molecular flexibility index (Phi) is 13.5. The normalized spacial score (nSPS) is 8.96. The van der Waals surface area contributed by atoms with Gasteiger partial charge in [-0.05, 0) is 24.6 Å². The lowest BCUT2D eigenvalue weighted by atomic mass is 10.2. The fourth-order valence-electron chi connectivity index (χ4n) is 1.64. The van der Waals surface area contributed by atoms with E-state index in [4.69, 9.17) is 14.4 Å². The van der Waals surface area contributed by atoms with Crippen molar-refractivity contribution >= 4 is 17.9 Å². The molecule has 6 nitrogen and oxygen atoms in total. The molecule has 0 aliphatic heterocycles. The van der Waals surface area contributed by atoms with Crippen LogP contribution in [0.25, 0.3) is 0 Å². The molecule has 25 heavy (non-hydrogen) atoms. The van der Waals surface area contributed by atoms with Crippen LogP contribution in [0.2, 0.25) is 0 Å². The zero-order valence-corrected chi connectivity index (χ0v) is 15.1. The topological polar surface area (TPSA) is 78.4 Å². The molecule has 0 fully saturated rings. The first-order chi connectivity index (χ1) is 12.1. The molecule has 0 unspecified atom stereocenters. The summed E-state index contributed by atoms with van der Waals surface area (Å²) in [6.07, 6.45) is 0.750. The van der Waals surface area contributed by atoms with Gasteiger partial charge in [0, 0.05) is 26.4 Å². The van der Waals surface area contributed by atoms with Gasteiger partial charge in [-0.15, -0.1) is 0 Å². The third-order valence-corrected chi connectivity index (χ3v) is 2.61. The standard InChI is InChI=1S/C15H15NO3.C2H6O.C2H4O/c1-18-16-14-9-7-13(8-10-14)15(17)19-11-12-5-3-2-4-6-12;1-3-2;1-2-3/h2-10,16H,11H2,1H3;1-2H3;2H,1H3/p+1. The number of carbonyl (C=O) groups excluding carboxylic acids is 2. The van der Waals surface area contributed by atoms with Gasteiger partial charge in [0.25, 0.3) is 0 Å². The van der Waals surface area contributed by atoms with E-state index in [0.29, 0.717) is 5.56 Å². The molecular formula is C19H26NO5+. The third-order valence-electron chi connectivity index (χ3n) is 2.61. The molecule has 2 aromatic carbocycles. The molecule has 0 radical (unpaired) electrons. The Morgan fingerprint density at radius 3 is 2.00 bits per heavy atom. The lowest BCUT2D eigenvalue weighted by Crippen LogP contribution is -2.75. The van der Waals surface area contributed by atoms with E-state index in [1.54, 1.807) is 38.9 Å². The largest absolute Gasteiger partial charge is 0.457 e. The second-order valence-electron chi connectivity index (χ2n) is 4.68. The molecule has 0 aromatic heterocycles. The van der Waals surface area contributed by atoms with Crippen molar-refractivity contribution in [2.45, 2.75) is 13.5 Å². The van der Waals surface area contributed by atoms with Crippen molar-refractivity contribution in [2.24, 2.45) is 0 Å². The number of hydrogen-bond acceptors (Lipinski definition) is 5. The second-order valence-corrected chi connectivity index (χ2v) is 4.68. The Labute approximate surface area is 148 Å². The predicted octanol–water partition coefficient (Wildman–Crippen LogP) is 2.27. The molecule has 0 saturated heterocycles. The van der Waals surface area contributed by atoms with E-state index in [1.807, 2.05) is 42.5 Å². The quantitative estimate of drug-likeness (QED) is 0.388. The van der Waals surface area contributed by atoms with Crippen molar-refractivity contribution in [3.8, 4) is 0 Å². The molecule has 0 spiro atoms. The minimum Gasteiger partial charge on any atom is -0.457 e. The highest BCUT2D eigenvalue weighted by Gasteiger charge is 2.08. The van der Waals surface area contributed by atoms with Crippen LogP contribution in [0, 0.1) is 0 Å². The lowest BCUT2D eigenvalue weighted by Gasteiger charge is -2.05. The van der Waals surface area contributed by atoms with Gasteiger partial charge in [-0.1, -0.05) is 30.3 Å². The number of rotatable bonds is 5. The molecule has 0 atom stereocenters. The maximum absolute atomic E-state index is 11.8. The highest BCUT2D eigenvalue weighted by molar-refractivity contribution is 5.89. The molecule has 136 valence electrons. The summed E-state index contributed by atoms with van der Waals surface area (Å²) in [6.45, 7) is 1.73. The minimum atomic E-state index is -0.326. The second kappa shape index (κ2) is 15.0. The van der Waals surface area contributed by atoms with Crippen molar-refractivity contribution in [1.29, 1.82) is 0 Å². The summed E-state index contributed by atoms with van der Waals surface area (Å²) >= 11 is 0. The van der Waals surface area contributed by atoms with Gasteiger partial charge in [-0.3, -0.25) is 0 Å². The van der Waals surface area contributed by atoms with Gasteiger partial charge in [-0.25, -0.2) is 9.63 Å². The molecule has 0 aliphatic rings. The number of aldehydes is 1. The summed E-state index contributed by atoms with van der Waals surface area (Å²) in [5, 5.41) is 0. The number of ether oxygens (including phenoxy) is 2. The van der Waals surface area contributed by atoms with Crippen LogP contribution >= 0.6 is 0 Å². The fraction of sp³-hybridized carbons (Fsp3) is 0.263. The molecule has 0 saturated carbocycles. The van der Waals surface area contributed by atoms with Gasteiger partial charge in [0.15, 0.2) is 5.69 Å². The van der Waals surface area contributed by atoms with Crippen molar-refractivity contribution < 1.29 is 29.4 Å². The summed E-state index contributed by atoms with van der Waals surface area (Å²) in [5.41, 5.74) is 4.02. The first-order valence-corrected chi connectivity index (χ1v) is 7.59. The van der Waals surface area contributed by atoms with E-state index >= 15 is 0 Å². The Morgan fingerprint density at radius 2 is 1.52 bits per heavy atom. The smallest absolute Gasteiger partial charge is 0.338 e. The fourth-order valence-corrected chi connectivity index (χ4v) is 1.64. The van der Waals surface area contributed by atoms with Gasteiger partial charge in [0.05, 0.1) is 12.7 Å². The van der Waals surface area contributed by atoms with Crippen LogP contribution in [0.1, 0.15) is 22.8 Å². The molecule has 0 aliphatic carbocycles. The number of carbonyl (C=O) groups is 2. The number of nitrogens with two attached hydrogens (primary N) is 1. The maximum atomic E-state index is 11.8. The van der Waals surface area contributed by atoms with Crippen LogP contribution in [0.3, 0.4) is 0 Å². The van der Waals surface area contributed by atoms with Crippen LogP contribution in [-0.4, -0.2) is 33.6 Å². The van der Waals surface area contributed by atoms with E-state index in [0.717, 1.165) is 17.5 Å². The Balaban J connectivity index is 0.000000844. The maximum Gasteiger partial charge on any atom is 0.338 e. The first kappa shape index (κ1) is 22.5. The molecule has 0 amide bonds. The van der Waals surface area contributed by atoms with Crippen LogP contribution in [0.15, 0.2) is 54.6 Å². The zero-order valence-electron chi connectivity index (χ0n) is 15.1. The highest BCUT2D eigenvalue weighted by Crippen LogP contribution is 2.08. The summed E-state index contributed by atoms with van der Waals surface area (Å²) in [6, 6.07) is 16.7. The highest BCUT2D eigenvalue weighted by atomic mass is 16.6. The van der Waals surface area contributed by atoms with Crippen LogP contribution in [0.4, 0.5) is 5.69 Å². The summed E-state index contributed by atoms with van der Waals surface area (Å²) < 4.78 is 9.48. The number of methoxy groups -OCH3 is 1. The van der Waals surface area contributed by atoms with E-state index in [2.05, 4.69) is 4.74 Å². The van der Waals surface area contributed by atoms with Gasteiger partial charge < -0.3 is 14.3 Å². The van der Waals surface area contributed by atoms with Gasteiger partial charge in [0.1, 0.15) is 12.9 Å². The Morgan fingerprint density at radius 1 is 1.00 bits per heavy atom. The van der Waals surface area contributed by atoms with Crippen LogP contribution < -0.4 is 5.48 Å². The number of quaternary nitrogens is 1. The summed E-state index contributed by atoms with van der Waals surface area (Å²) in [5.74, 6) is -0.326. The van der Waals surface area contributed by atoms with Crippen molar-refractivity contribution in [2.75, 3.05) is 21.3 Å². The predicted molar refractivity (Wildman–Crippen MR) is 95.3 cm³/mol. The molecule has 0 heterocycles. The molecule has 2 N–H and O–H groups in total.